The van der Waals surface area contributed by atoms with Crippen LogP contribution in [0.2, 0.25) is 5.02 Å². The number of carbonyl (C=O) groups is 1. The average Bonchev–Trinajstić information content (AvgIpc) is 2.39. The molecule has 1 unspecified atom stereocenters. The van der Waals surface area contributed by atoms with Gasteiger partial charge in [0.05, 0.1) is 4.90 Å². The van der Waals surface area contributed by atoms with Crippen molar-refractivity contribution in [1.82, 2.24) is 0 Å². The van der Waals surface area contributed by atoms with Gasteiger partial charge in [0.1, 0.15) is 0 Å². The van der Waals surface area contributed by atoms with Crippen LogP contribution in [0.3, 0.4) is 0 Å². The molecule has 0 aliphatic heterocycles. The molecule has 1 aromatic rings. The second kappa shape index (κ2) is 6.14. The smallest absolute Gasteiger partial charge is 0.322 e. The first kappa shape index (κ1) is 15.3. The zero-order valence-electron chi connectivity index (χ0n) is 11.0. The quantitative estimate of drug-likeness (QED) is 0.926. The van der Waals surface area contributed by atoms with E-state index in [-0.39, 0.29) is 10.8 Å². The molecular formula is C14H17ClO4S. The Morgan fingerprint density at radius 3 is 2.20 bits per heavy atom. The Bertz CT molecular complexity index is 574. The molecule has 0 bridgehead atoms. The number of sulfone groups is 1. The summed E-state index contributed by atoms with van der Waals surface area (Å²) in [7, 11) is -3.87. The van der Waals surface area contributed by atoms with Gasteiger partial charge in [-0.05, 0) is 43.0 Å². The zero-order chi connectivity index (χ0) is 14.8. The van der Waals surface area contributed by atoms with Crippen molar-refractivity contribution in [3.05, 3.63) is 29.3 Å². The number of hydrogen-bond acceptors (Lipinski definition) is 3. The topological polar surface area (TPSA) is 71.4 Å². The third kappa shape index (κ3) is 3.15. The molecule has 1 aromatic carbocycles. The van der Waals surface area contributed by atoms with E-state index in [2.05, 4.69) is 0 Å². The van der Waals surface area contributed by atoms with Gasteiger partial charge in [0.15, 0.2) is 15.1 Å². The highest BCUT2D eigenvalue weighted by Gasteiger charge is 2.40. The summed E-state index contributed by atoms with van der Waals surface area (Å²) in [5, 5.41) is 8.44. The summed E-state index contributed by atoms with van der Waals surface area (Å²) in [6.07, 6.45) is 4.15. The summed E-state index contributed by atoms with van der Waals surface area (Å²) in [6, 6.07) is 5.68. The molecule has 0 spiro atoms. The average molecular weight is 317 g/mol. The van der Waals surface area contributed by atoms with Gasteiger partial charge in [0.25, 0.3) is 0 Å². The number of carboxylic acid groups (broad SMARTS) is 1. The first-order valence-electron chi connectivity index (χ1n) is 6.65. The molecule has 0 heterocycles. The van der Waals surface area contributed by atoms with Crippen molar-refractivity contribution in [2.75, 3.05) is 0 Å². The summed E-state index contributed by atoms with van der Waals surface area (Å²) < 4.78 is 25.1. The molecule has 6 heteroatoms. The van der Waals surface area contributed by atoms with Gasteiger partial charge in [0.2, 0.25) is 0 Å². The molecule has 2 rings (SSSR count). The molecular weight excluding hydrogens is 300 g/mol. The number of halogens is 1. The molecule has 1 N–H and O–H groups in total. The fourth-order valence-corrected chi connectivity index (χ4v) is 4.77. The van der Waals surface area contributed by atoms with Crippen molar-refractivity contribution in [1.29, 1.82) is 0 Å². The number of rotatable bonds is 4. The largest absolute Gasteiger partial charge is 0.480 e. The number of benzene rings is 1. The van der Waals surface area contributed by atoms with Crippen LogP contribution >= 0.6 is 11.6 Å². The van der Waals surface area contributed by atoms with Gasteiger partial charge in [-0.3, -0.25) is 4.79 Å². The van der Waals surface area contributed by atoms with E-state index in [1.54, 1.807) is 0 Å². The summed E-state index contributed by atoms with van der Waals surface area (Å²) in [5.41, 5.74) is 0. The van der Waals surface area contributed by atoms with E-state index in [0.717, 1.165) is 19.3 Å². The van der Waals surface area contributed by atoms with Crippen LogP contribution in [0.25, 0.3) is 0 Å². The lowest BCUT2D eigenvalue weighted by molar-refractivity contribution is -0.137. The molecule has 1 atom stereocenters. The summed E-state index contributed by atoms with van der Waals surface area (Å²) >= 11 is 5.74. The number of hydrogen-bond donors (Lipinski definition) is 1. The van der Waals surface area contributed by atoms with E-state index < -0.39 is 21.1 Å². The summed E-state index contributed by atoms with van der Waals surface area (Å²) in [6.45, 7) is 0. The minimum atomic E-state index is -3.87. The van der Waals surface area contributed by atoms with Gasteiger partial charge >= 0.3 is 5.97 Å². The van der Waals surface area contributed by atoms with Gasteiger partial charge in [0, 0.05) is 5.02 Å². The Labute approximate surface area is 123 Å². The lowest BCUT2D eigenvalue weighted by atomic mass is 9.87. The van der Waals surface area contributed by atoms with Crippen molar-refractivity contribution in [3.63, 3.8) is 0 Å². The number of aliphatic carboxylic acids is 1. The fraction of sp³-hybridized carbons (Fsp3) is 0.500. The van der Waals surface area contributed by atoms with Gasteiger partial charge < -0.3 is 5.11 Å². The lowest BCUT2D eigenvalue weighted by Crippen LogP contribution is -2.38. The van der Waals surface area contributed by atoms with Crippen molar-refractivity contribution in [3.8, 4) is 0 Å². The van der Waals surface area contributed by atoms with Crippen molar-refractivity contribution in [2.45, 2.75) is 42.2 Å². The standard InChI is InChI=1S/C14H17ClO4S/c15-11-6-8-12(9-7-11)20(18,19)13(14(16)17)10-4-2-1-3-5-10/h6-10,13H,1-5H2,(H,16,17). The highest BCUT2D eigenvalue weighted by molar-refractivity contribution is 7.92. The Kier molecular flexibility index (Phi) is 4.70. The Balaban J connectivity index is 2.36. The Morgan fingerprint density at radius 1 is 1.15 bits per heavy atom. The first-order chi connectivity index (χ1) is 9.43. The maximum Gasteiger partial charge on any atom is 0.322 e. The summed E-state index contributed by atoms with van der Waals surface area (Å²) in [5.74, 6) is -1.56. The molecule has 110 valence electrons. The predicted molar refractivity (Wildman–Crippen MR) is 76.6 cm³/mol. The highest BCUT2D eigenvalue weighted by Crippen LogP contribution is 2.33. The summed E-state index contributed by atoms with van der Waals surface area (Å²) in [4.78, 5) is 11.5. The van der Waals surface area contributed by atoms with E-state index >= 15 is 0 Å². The van der Waals surface area contributed by atoms with E-state index in [0.29, 0.717) is 17.9 Å². The minimum absolute atomic E-state index is 0.0277. The maximum absolute atomic E-state index is 12.6. The van der Waals surface area contributed by atoms with Gasteiger partial charge in [-0.1, -0.05) is 30.9 Å². The molecule has 1 aliphatic carbocycles. The molecule has 0 radical (unpaired) electrons. The normalized spacial score (nSPS) is 18.6. The second-order valence-electron chi connectivity index (χ2n) is 5.16. The number of carboxylic acids is 1. The molecule has 0 amide bonds. The Morgan fingerprint density at radius 2 is 1.70 bits per heavy atom. The monoisotopic (exact) mass is 316 g/mol. The van der Waals surface area contributed by atoms with Crippen molar-refractivity contribution in [2.24, 2.45) is 5.92 Å². The zero-order valence-corrected chi connectivity index (χ0v) is 12.5. The van der Waals surface area contributed by atoms with Crippen LogP contribution < -0.4 is 0 Å². The molecule has 0 saturated heterocycles. The van der Waals surface area contributed by atoms with Crippen LogP contribution in [-0.4, -0.2) is 24.7 Å². The third-order valence-electron chi connectivity index (χ3n) is 3.80. The predicted octanol–water partition coefficient (Wildman–Crippen LogP) is 3.15. The molecule has 0 aromatic heterocycles. The van der Waals surface area contributed by atoms with E-state index in [1.165, 1.54) is 24.3 Å². The van der Waals surface area contributed by atoms with Crippen LogP contribution in [0.15, 0.2) is 29.2 Å². The van der Waals surface area contributed by atoms with Crippen molar-refractivity contribution < 1.29 is 18.3 Å². The fourth-order valence-electron chi connectivity index (χ4n) is 2.80. The minimum Gasteiger partial charge on any atom is -0.480 e. The van der Waals surface area contributed by atoms with E-state index in [1.807, 2.05) is 0 Å². The molecule has 1 saturated carbocycles. The van der Waals surface area contributed by atoms with E-state index in [9.17, 15) is 18.3 Å². The van der Waals surface area contributed by atoms with Gasteiger partial charge in [-0.25, -0.2) is 8.42 Å². The molecule has 1 aliphatic rings. The molecule has 4 nitrogen and oxygen atoms in total. The Hall–Kier alpha value is -1.07. The maximum atomic E-state index is 12.6. The third-order valence-corrected chi connectivity index (χ3v) is 6.23. The van der Waals surface area contributed by atoms with Crippen LogP contribution in [0.4, 0.5) is 0 Å². The van der Waals surface area contributed by atoms with Gasteiger partial charge in [-0.2, -0.15) is 0 Å². The van der Waals surface area contributed by atoms with Crippen LogP contribution in [0, 0.1) is 5.92 Å². The molecule has 1 fully saturated rings. The molecule has 20 heavy (non-hydrogen) atoms. The van der Waals surface area contributed by atoms with Crippen LogP contribution in [-0.2, 0) is 14.6 Å². The van der Waals surface area contributed by atoms with Crippen LogP contribution in [0.5, 0.6) is 0 Å². The SMILES string of the molecule is O=C(O)C(C1CCCCC1)S(=O)(=O)c1ccc(Cl)cc1. The highest BCUT2D eigenvalue weighted by atomic mass is 35.5. The van der Waals surface area contributed by atoms with Gasteiger partial charge in [-0.15, -0.1) is 0 Å². The van der Waals surface area contributed by atoms with Crippen molar-refractivity contribution >= 4 is 27.4 Å². The van der Waals surface area contributed by atoms with Crippen LogP contribution in [0.1, 0.15) is 32.1 Å². The lowest BCUT2D eigenvalue weighted by Gasteiger charge is -2.27. The second-order valence-corrected chi connectivity index (χ2v) is 7.66. The first-order valence-corrected chi connectivity index (χ1v) is 8.57. The van der Waals surface area contributed by atoms with E-state index in [4.69, 9.17) is 11.6 Å².